The quantitative estimate of drug-likeness (QED) is 0.844. The summed E-state index contributed by atoms with van der Waals surface area (Å²) >= 11 is 0. The molecule has 2 unspecified atom stereocenters. The van der Waals surface area contributed by atoms with Crippen LogP contribution < -0.4 is 5.32 Å². The van der Waals surface area contributed by atoms with Gasteiger partial charge in [0, 0.05) is 12.6 Å². The lowest BCUT2D eigenvalue weighted by molar-refractivity contribution is 0.0402. The summed E-state index contributed by atoms with van der Waals surface area (Å²) in [6, 6.07) is 9.40. The molecular formula is C17H25NO. The molecule has 0 saturated heterocycles. The molecule has 1 aliphatic heterocycles. The topological polar surface area (TPSA) is 21.3 Å². The molecule has 1 fully saturated rings. The summed E-state index contributed by atoms with van der Waals surface area (Å²) < 4.78 is 5.96. The van der Waals surface area contributed by atoms with E-state index in [-0.39, 0.29) is 6.10 Å². The molecule has 3 rings (SSSR count). The molecule has 0 radical (unpaired) electrons. The molecule has 2 heteroatoms. The van der Waals surface area contributed by atoms with Crippen LogP contribution in [-0.2, 0) is 11.2 Å². The minimum absolute atomic E-state index is 0.248. The zero-order valence-electron chi connectivity index (χ0n) is 11.9. The van der Waals surface area contributed by atoms with E-state index >= 15 is 0 Å². The van der Waals surface area contributed by atoms with E-state index in [0.29, 0.717) is 6.04 Å². The normalized spacial score (nSPS) is 23.9. The minimum Gasteiger partial charge on any atom is -0.372 e. The van der Waals surface area contributed by atoms with Gasteiger partial charge in [0.2, 0.25) is 0 Å². The van der Waals surface area contributed by atoms with Crippen LogP contribution in [0, 0.1) is 5.92 Å². The van der Waals surface area contributed by atoms with Gasteiger partial charge < -0.3 is 10.1 Å². The molecule has 2 nitrogen and oxygen atoms in total. The Morgan fingerprint density at radius 2 is 2.16 bits per heavy atom. The molecule has 1 aromatic rings. The van der Waals surface area contributed by atoms with Crippen molar-refractivity contribution in [3.63, 3.8) is 0 Å². The third-order valence-corrected chi connectivity index (χ3v) is 4.49. The first-order chi connectivity index (χ1) is 9.36. The average Bonchev–Trinajstić information content (AvgIpc) is 3.27. The van der Waals surface area contributed by atoms with Crippen molar-refractivity contribution in [3.8, 4) is 0 Å². The second kappa shape index (κ2) is 6.06. The average molecular weight is 259 g/mol. The number of hydrogen-bond donors (Lipinski definition) is 1. The second-order valence-corrected chi connectivity index (χ2v) is 6.00. The summed E-state index contributed by atoms with van der Waals surface area (Å²) in [7, 11) is 0. The highest BCUT2D eigenvalue weighted by atomic mass is 16.5. The number of benzene rings is 1. The van der Waals surface area contributed by atoms with Crippen LogP contribution in [0.5, 0.6) is 0 Å². The lowest BCUT2D eigenvalue weighted by Crippen LogP contribution is -2.35. The molecule has 2 aliphatic rings. The largest absolute Gasteiger partial charge is 0.372 e. The molecule has 1 N–H and O–H groups in total. The van der Waals surface area contributed by atoms with E-state index < -0.39 is 0 Å². The molecular weight excluding hydrogens is 234 g/mol. The molecule has 0 amide bonds. The van der Waals surface area contributed by atoms with Crippen LogP contribution in [0.25, 0.3) is 0 Å². The highest BCUT2D eigenvalue weighted by Crippen LogP contribution is 2.34. The monoisotopic (exact) mass is 259 g/mol. The lowest BCUT2D eigenvalue weighted by atomic mass is 9.97. The third-order valence-electron chi connectivity index (χ3n) is 4.49. The molecule has 104 valence electrons. The van der Waals surface area contributed by atoms with E-state index in [1.54, 1.807) is 0 Å². The van der Waals surface area contributed by atoms with E-state index in [2.05, 4.69) is 36.5 Å². The maximum absolute atomic E-state index is 5.96. The summed E-state index contributed by atoms with van der Waals surface area (Å²) in [6.07, 6.45) is 6.78. The van der Waals surface area contributed by atoms with E-state index in [1.807, 2.05) is 0 Å². The van der Waals surface area contributed by atoms with Gasteiger partial charge in [-0.1, -0.05) is 44.0 Å². The van der Waals surface area contributed by atoms with Crippen LogP contribution >= 0.6 is 0 Å². The van der Waals surface area contributed by atoms with Gasteiger partial charge in [0.1, 0.15) is 0 Å². The number of nitrogens with one attached hydrogen (secondary N) is 1. The van der Waals surface area contributed by atoms with Crippen LogP contribution in [0.3, 0.4) is 0 Å². The fourth-order valence-corrected chi connectivity index (χ4v) is 3.07. The summed E-state index contributed by atoms with van der Waals surface area (Å²) in [5, 5.41) is 3.73. The molecule has 1 saturated carbocycles. The highest BCUT2D eigenvalue weighted by molar-refractivity contribution is 5.31. The van der Waals surface area contributed by atoms with Gasteiger partial charge in [0.25, 0.3) is 0 Å². The highest BCUT2D eigenvalue weighted by Gasteiger charge is 2.26. The predicted molar refractivity (Wildman–Crippen MR) is 78.3 cm³/mol. The molecule has 0 spiro atoms. The van der Waals surface area contributed by atoms with Crippen molar-refractivity contribution < 1.29 is 4.74 Å². The summed E-state index contributed by atoms with van der Waals surface area (Å²) in [6.45, 7) is 4.11. The Bertz CT molecular complexity index is 413. The molecule has 1 aliphatic carbocycles. The molecule has 1 heterocycles. The molecule has 19 heavy (non-hydrogen) atoms. The zero-order valence-corrected chi connectivity index (χ0v) is 11.9. The van der Waals surface area contributed by atoms with Crippen molar-refractivity contribution in [1.29, 1.82) is 0 Å². The van der Waals surface area contributed by atoms with Gasteiger partial charge in [0.05, 0.1) is 12.7 Å². The van der Waals surface area contributed by atoms with Crippen molar-refractivity contribution in [3.05, 3.63) is 35.4 Å². The minimum atomic E-state index is 0.248. The van der Waals surface area contributed by atoms with Crippen molar-refractivity contribution >= 4 is 0 Å². The van der Waals surface area contributed by atoms with Gasteiger partial charge in [-0.25, -0.2) is 0 Å². The molecule has 1 aromatic carbocycles. The fourth-order valence-electron chi connectivity index (χ4n) is 3.07. The van der Waals surface area contributed by atoms with Crippen LogP contribution in [-0.4, -0.2) is 19.2 Å². The summed E-state index contributed by atoms with van der Waals surface area (Å²) in [4.78, 5) is 0. The van der Waals surface area contributed by atoms with Gasteiger partial charge in [-0.2, -0.15) is 0 Å². The Hall–Kier alpha value is -0.860. The van der Waals surface area contributed by atoms with Crippen molar-refractivity contribution in [2.45, 2.75) is 51.2 Å². The van der Waals surface area contributed by atoms with Gasteiger partial charge in [-0.05, 0) is 36.3 Å². The van der Waals surface area contributed by atoms with E-state index in [0.717, 1.165) is 25.5 Å². The Kier molecular flexibility index (Phi) is 4.19. The van der Waals surface area contributed by atoms with Crippen molar-refractivity contribution in [1.82, 2.24) is 5.32 Å². The first-order valence-electron chi connectivity index (χ1n) is 7.79. The first-order valence-corrected chi connectivity index (χ1v) is 7.79. The fraction of sp³-hybridized carbons (Fsp3) is 0.647. The van der Waals surface area contributed by atoms with Gasteiger partial charge in [-0.15, -0.1) is 0 Å². The maximum atomic E-state index is 5.96. The van der Waals surface area contributed by atoms with Crippen LogP contribution in [0.15, 0.2) is 24.3 Å². The van der Waals surface area contributed by atoms with Crippen LogP contribution in [0.1, 0.15) is 49.8 Å². The third kappa shape index (κ3) is 3.37. The van der Waals surface area contributed by atoms with Crippen molar-refractivity contribution in [2.75, 3.05) is 13.2 Å². The Balaban J connectivity index is 1.57. The van der Waals surface area contributed by atoms with Gasteiger partial charge in [0.15, 0.2) is 0 Å². The molecule has 0 aromatic heterocycles. The molecule has 2 atom stereocenters. The maximum Gasteiger partial charge on any atom is 0.0952 e. The Morgan fingerprint density at radius 3 is 2.95 bits per heavy atom. The summed E-state index contributed by atoms with van der Waals surface area (Å²) in [5.74, 6) is 0.997. The standard InChI is InChI=1S/C17H25NO/c1-2-15(11-13-7-8-13)18-12-17-16-6-4-3-5-14(16)9-10-19-17/h3-6,13,15,17-18H,2,7-12H2,1H3. The number of fused-ring (bicyclic) bond motifs is 1. The Labute approximate surface area is 116 Å². The van der Waals surface area contributed by atoms with Crippen molar-refractivity contribution in [2.24, 2.45) is 5.92 Å². The Morgan fingerprint density at radius 1 is 1.32 bits per heavy atom. The number of hydrogen-bond acceptors (Lipinski definition) is 2. The van der Waals surface area contributed by atoms with Crippen LogP contribution in [0.2, 0.25) is 0 Å². The van der Waals surface area contributed by atoms with Crippen LogP contribution in [0.4, 0.5) is 0 Å². The first kappa shape index (κ1) is 13.1. The van der Waals surface area contributed by atoms with Gasteiger partial charge in [-0.3, -0.25) is 0 Å². The second-order valence-electron chi connectivity index (χ2n) is 6.00. The van der Waals surface area contributed by atoms with E-state index in [1.165, 1.54) is 36.8 Å². The van der Waals surface area contributed by atoms with E-state index in [4.69, 9.17) is 4.74 Å². The lowest BCUT2D eigenvalue weighted by Gasteiger charge is -2.28. The van der Waals surface area contributed by atoms with Gasteiger partial charge >= 0.3 is 0 Å². The zero-order chi connectivity index (χ0) is 13.1. The SMILES string of the molecule is CCC(CC1CC1)NCC1OCCc2ccccc21. The number of rotatable bonds is 6. The smallest absolute Gasteiger partial charge is 0.0952 e. The van der Waals surface area contributed by atoms with E-state index in [9.17, 15) is 0 Å². The number of ether oxygens (including phenoxy) is 1. The summed E-state index contributed by atoms with van der Waals surface area (Å²) in [5.41, 5.74) is 2.86. The predicted octanol–water partition coefficient (Wildman–Crippen LogP) is 3.47. The molecule has 0 bridgehead atoms.